The van der Waals surface area contributed by atoms with E-state index >= 15 is 0 Å². The molecule has 1 amide bonds. The second-order valence-electron chi connectivity index (χ2n) is 9.31. The van der Waals surface area contributed by atoms with Gasteiger partial charge >= 0.3 is 0 Å². The van der Waals surface area contributed by atoms with E-state index in [0.717, 1.165) is 24.3 Å². The third-order valence-electron chi connectivity index (χ3n) is 7.10. The third-order valence-corrected chi connectivity index (χ3v) is 10.1. The lowest BCUT2D eigenvalue weighted by atomic mass is 9.93. The molecule has 0 saturated carbocycles. The van der Waals surface area contributed by atoms with Gasteiger partial charge in [0.2, 0.25) is 15.9 Å². The summed E-state index contributed by atoms with van der Waals surface area (Å²) in [6.07, 6.45) is 0.923. The summed E-state index contributed by atoms with van der Waals surface area (Å²) in [5.74, 6) is 0.843. The topological polar surface area (TPSA) is 70.2 Å². The van der Waals surface area contributed by atoms with Gasteiger partial charge in [-0.3, -0.25) is 9.69 Å². The molecule has 7 nitrogen and oxygen atoms in total. The molecule has 5 rings (SSSR count). The normalized spacial score (nSPS) is 21.2. The Kier molecular flexibility index (Phi) is 7.16. The van der Waals surface area contributed by atoms with Crippen LogP contribution in [0.5, 0.6) is 5.75 Å². The van der Waals surface area contributed by atoms with Crippen LogP contribution in [-0.2, 0) is 21.2 Å². The molecule has 3 heterocycles. The fourth-order valence-corrected chi connectivity index (χ4v) is 7.78. The van der Waals surface area contributed by atoms with Crippen molar-refractivity contribution in [1.82, 2.24) is 14.1 Å². The summed E-state index contributed by atoms with van der Waals surface area (Å²) in [7, 11) is -1.93. The Labute approximate surface area is 217 Å². The summed E-state index contributed by atoms with van der Waals surface area (Å²) in [6, 6.07) is 18.4. The first-order valence-corrected chi connectivity index (χ1v) is 14.5. The summed E-state index contributed by atoms with van der Waals surface area (Å²) in [5, 5.41) is 2.13. The van der Waals surface area contributed by atoms with Crippen molar-refractivity contribution in [1.29, 1.82) is 0 Å². The van der Waals surface area contributed by atoms with Crippen LogP contribution in [-0.4, -0.2) is 74.3 Å². The van der Waals surface area contributed by atoms with Crippen molar-refractivity contribution in [2.24, 2.45) is 0 Å². The van der Waals surface area contributed by atoms with Crippen LogP contribution >= 0.6 is 11.3 Å². The molecule has 2 atom stereocenters. The SMILES string of the molecule is COc1ccc([C@@H]2c3ccsc3CCN2CC(=O)N2CCN(S(=O)(=O)c3ccccc3)[C@H](C)C2)cc1. The van der Waals surface area contributed by atoms with Gasteiger partial charge in [0.1, 0.15) is 5.75 Å². The fourth-order valence-electron chi connectivity index (χ4n) is 5.24. The maximum Gasteiger partial charge on any atom is 0.243 e. The van der Waals surface area contributed by atoms with Crippen LogP contribution in [0.1, 0.15) is 29.0 Å². The molecule has 0 bridgehead atoms. The maximum absolute atomic E-state index is 13.5. The highest BCUT2D eigenvalue weighted by Gasteiger charge is 2.37. The molecule has 36 heavy (non-hydrogen) atoms. The maximum atomic E-state index is 13.5. The molecular formula is C27H31N3O4S2. The minimum absolute atomic E-state index is 0.00651. The Morgan fingerprint density at radius 2 is 1.78 bits per heavy atom. The average Bonchev–Trinajstić information content (AvgIpc) is 3.38. The molecule has 2 aliphatic rings. The van der Waals surface area contributed by atoms with E-state index in [-0.39, 0.29) is 18.0 Å². The number of piperazine rings is 1. The van der Waals surface area contributed by atoms with E-state index in [2.05, 4.69) is 28.5 Å². The molecule has 0 aliphatic carbocycles. The van der Waals surface area contributed by atoms with Crippen LogP contribution in [0.4, 0.5) is 0 Å². The van der Waals surface area contributed by atoms with Crippen LogP contribution in [0.15, 0.2) is 70.9 Å². The molecule has 2 aliphatic heterocycles. The van der Waals surface area contributed by atoms with E-state index < -0.39 is 10.0 Å². The van der Waals surface area contributed by atoms with E-state index in [1.807, 2.05) is 24.0 Å². The van der Waals surface area contributed by atoms with Gasteiger partial charge in [0, 0.05) is 37.1 Å². The van der Waals surface area contributed by atoms with E-state index in [0.29, 0.717) is 31.1 Å². The number of rotatable bonds is 6. The number of ether oxygens (including phenoxy) is 1. The van der Waals surface area contributed by atoms with E-state index in [1.54, 1.807) is 48.8 Å². The van der Waals surface area contributed by atoms with Crippen molar-refractivity contribution >= 4 is 27.3 Å². The zero-order chi connectivity index (χ0) is 25.3. The molecule has 0 unspecified atom stereocenters. The number of thiophene rings is 1. The summed E-state index contributed by atoms with van der Waals surface area (Å²) in [4.78, 5) is 19.2. The highest BCUT2D eigenvalue weighted by Crippen LogP contribution is 2.38. The van der Waals surface area contributed by atoms with Gasteiger partial charge in [-0.25, -0.2) is 8.42 Å². The first kappa shape index (κ1) is 25.0. The van der Waals surface area contributed by atoms with Crippen molar-refractivity contribution < 1.29 is 17.9 Å². The molecule has 0 spiro atoms. The molecule has 9 heteroatoms. The number of carbonyl (C=O) groups is 1. The van der Waals surface area contributed by atoms with Gasteiger partial charge in [-0.15, -0.1) is 11.3 Å². The van der Waals surface area contributed by atoms with Crippen LogP contribution in [0.2, 0.25) is 0 Å². The summed E-state index contributed by atoms with van der Waals surface area (Å²) in [5.41, 5.74) is 2.39. The predicted octanol–water partition coefficient (Wildman–Crippen LogP) is 3.63. The second-order valence-corrected chi connectivity index (χ2v) is 12.2. The van der Waals surface area contributed by atoms with Gasteiger partial charge < -0.3 is 9.64 Å². The van der Waals surface area contributed by atoms with Crippen LogP contribution in [0.25, 0.3) is 0 Å². The Balaban J connectivity index is 1.30. The average molecular weight is 526 g/mol. The predicted molar refractivity (Wildman–Crippen MR) is 141 cm³/mol. The number of amides is 1. The zero-order valence-electron chi connectivity index (χ0n) is 20.5. The number of hydrogen-bond donors (Lipinski definition) is 0. The number of nitrogens with zero attached hydrogens (tertiary/aromatic N) is 3. The molecule has 1 saturated heterocycles. The lowest BCUT2D eigenvalue weighted by Gasteiger charge is -2.41. The molecule has 1 fully saturated rings. The number of hydrogen-bond acceptors (Lipinski definition) is 6. The molecular weight excluding hydrogens is 494 g/mol. The van der Waals surface area contributed by atoms with Crippen LogP contribution < -0.4 is 4.74 Å². The quantitative estimate of drug-likeness (QED) is 0.492. The Bertz CT molecular complexity index is 1310. The van der Waals surface area contributed by atoms with Gasteiger partial charge in [-0.2, -0.15) is 4.31 Å². The van der Waals surface area contributed by atoms with Crippen molar-refractivity contribution in [3.05, 3.63) is 82.0 Å². The van der Waals surface area contributed by atoms with Crippen molar-refractivity contribution in [3.8, 4) is 5.75 Å². The zero-order valence-corrected chi connectivity index (χ0v) is 22.2. The number of sulfonamides is 1. The van der Waals surface area contributed by atoms with Crippen molar-refractivity contribution in [2.75, 3.05) is 39.8 Å². The summed E-state index contributed by atoms with van der Waals surface area (Å²) < 4.78 is 33.1. The van der Waals surface area contributed by atoms with E-state index in [1.165, 1.54) is 14.7 Å². The van der Waals surface area contributed by atoms with Gasteiger partial charge in [0.25, 0.3) is 0 Å². The first-order valence-electron chi connectivity index (χ1n) is 12.2. The minimum atomic E-state index is -3.59. The largest absolute Gasteiger partial charge is 0.497 e. The van der Waals surface area contributed by atoms with Gasteiger partial charge in [0.15, 0.2) is 0 Å². The summed E-state index contributed by atoms with van der Waals surface area (Å²) in [6.45, 7) is 4.03. The number of methoxy groups -OCH3 is 1. The lowest BCUT2D eigenvalue weighted by Crippen LogP contribution is -2.57. The van der Waals surface area contributed by atoms with Crippen molar-refractivity contribution in [3.63, 3.8) is 0 Å². The highest BCUT2D eigenvalue weighted by atomic mass is 32.2. The van der Waals surface area contributed by atoms with Gasteiger partial charge in [0.05, 0.1) is 24.6 Å². The smallest absolute Gasteiger partial charge is 0.243 e. The number of benzene rings is 2. The summed E-state index contributed by atoms with van der Waals surface area (Å²) >= 11 is 1.77. The molecule has 1 aromatic heterocycles. The Hall–Kier alpha value is -2.72. The molecule has 0 N–H and O–H groups in total. The second kappa shape index (κ2) is 10.3. The standard InChI is InChI=1S/C27H31N3O4S2/c1-20-18-28(15-16-30(20)36(32,33)23-6-4-3-5-7-23)26(31)19-29-14-12-25-24(13-17-35-25)27(29)21-8-10-22(34-2)11-9-21/h3-11,13,17,20,27H,12,14-16,18-19H2,1-2H3/t20-,27-/m1/s1. The first-order chi connectivity index (χ1) is 17.4. The van der Waals surface area contributed by atoms with Crippen LogP contribution in [0, 0.1) is 0 Å². The van der Waals surface area contributed by atoms with Gasteiger partial charge in [-0.05, 0) is 60.2 Å². The molecule has 0 radical (unpaired) electrons. The monoisotopic (exact) mass is 525 g/mol. The van der Waals surface area contributed by atoms with E-state index in [9.17, 15) is 13.2 Å². The van der Waals surface area contributed by atoms with Crippen molar-refractivity contribution in [2.45, 2.75) is 30.3 Å². The highest BCUT2D eigenvalue weighted by molar-refractivity contribution is 7.89. The lowest BCUT2D eigenvalue weighted by molar-refractivity contribution is -0.135. The third kappa shape index (κ3) is 4.80. The van der Waals surface area contributed by atoms with Crippen LogP contribution in [0.3, 0.4) is 0 Å². The van der Waals surface area contributed by atoms with E-state index in [4.69, 9.17) is 4.74 Å². The minimum Gasteiger partial charge on any atom is -0.497 e. The molecule has 190 valence electrons. The molecule has 3 aromatic rings. The Morgan fingerprint density at radius 1 is 1.03 bits per heavy atom. The fraction of sp³-hybridized carbons (Fsp3) is 0.370. The Morgan fingerprint density at radius 3 is 2.47 bits per heavy atom. The molecule has 2 aromatic carbocycles. The number of carbonyl (C=O) groups excluding carboxylic acids is 1. The van der Waals surface area contributed by atoms with Gasteiger partial charge in [-0.1, -0.05) is 30.3 Å². The number of fused-ring (bicyclic) bond motifs is 1.